The third-order valence-electron chi connectivity index (χ3n) is 4.15. The highest BCUT2D eigenvalue weighted by molar-refractivity contribution is 5.78. The fourth-order valence-electron chi connectivity index (χ4n) is 2.77. The number of nitrogens with zero attached hydrogens (tertiary/aromatic N) is 1. The van der Waals surface area contributed by atoms with Crippen LogP contribution in [0.2, 0.25) is 0 Å². The summed E-state index contributed by atoms with van der Waals surface area (Å²) in [5.41, 5.74) is 1.14. The Bertz CT molecular complexity index is 421. The number of nitrogens with one attached hydrogen (secondary N) is 2. The zero-order chi connectivity index (χ0) is 14.9. The Morgan fingerprint density at radius 3 is 2.81 bits per heavy atom. The van der Waals surface area contributed by atoms with Crippen LogP contribution in [0.5, 0.6) is 0 Å². The molecule has 0 aliphatic carbocycles. The second-order valence-electron chi connectivity index (χ2n) is 5.71. The molecular weight excluding hydrogens is 262 g/mol. The van der Waals surface area contributed by atoms with Crippen molar-refractivity contribution in [3.8, 4) is 0 Å². The monoisotopic (exact) mass is 289 g/mol. The molecule has 1 fully saturated rings. The molecule has 116 valence electrons. The third-order valence-corrected chi connectivity index (χ3v) is 4.15. The SMILES string of the molecule is CCN1CCCC(NCC(=O)NCc2ccccc2)CC1. The first kappa shape index (κ1) is 16.0. The van der Waals surface area contributed by atoms with Gasteiger partial charge in [0.25, 0.3) is 0 Å². The normalized spacial score (nSPS) is 20.0. The van der Waals surface area contributed by atoms with Gasteiger partial charge in [0.05, 0.1) is 6.54 Å². The lowest BCUT2D eigenvalue weighted by Gasteiger charge is -2.18. The predicted octanol–water partition coefficient (Wildman–Crippen LogP) is 1.77. The lowest BCUT2D eigenvalue weighted by molar-refractivity contribution is -0.120. The molecule has 4 nitrogen and oxygen atoms in total. The average molecular weight is 289 g/mol. The van der Waals surface area contributed by atoms with Crippen LogP contribution in [-0.4, -0.2) is 43.0 Å². The molecular formula is C17H27N3O. The van der Waals surface area contributed by atoms with Crippen molar-refractivity contribution in [2.75, 3.05) is 26.2 Å². The van der Waals surface area contributed by atoms with Gasteiger partial charge in [-0.1, -0.05) is 37.3 Å². The highest BCUT2D eigenvalue weighted by atomic mass is 16.1. The largest absolute Gasteiger partial charge is 0.351 e. The molecule has 1 heterocycles. The topological polar surface area (TPSA) is 44.4 Å². The molecule has 0 spiro atoms. The summed E-state index contributed by atoms with van der Waals surface area (Å²) in [6.45, 7) is 6.70. The Balaban J connectivity index is 1.64. The number of hydrogen-bond acceptors (Lipinski definition) is 3. The molecule has 0 aromatic heterocycles. The molecule has 4 heteroatoms. The van der Waals surface area contributed by atoms with E-state index in [1.54, 1.807) is 0 Å². The minimum Gasteiger partial charge on any atom is -0.351 e. The van der Waals surface area contributed by atoms with Crippen LogP contribution in [0.25, 0.3) is 0 Å². The van der Waals surface area contributed by atoms with Crippen molar-refractivity contribution in [1.82, 2.24) is 15.5 Å². The molecule has 1 aromatic rings. The summed E-state index contributed by atoms with van der Waals surface area (Å²) in [6, 6.07) is 10.5. The van der Waals surface area contributed by atoms with E-state index < -0.39 is 0 Å². The van der Waals surface area contributed by atoms with Gasteiger partial charge >= 0.3 is 0 Å². The van der Waals surface area contributed by atoms with E-state index in [-0.39, 0.29) is 5.91 Å². The van der Waals surface area contributed by atoms with E-state index in [4.69, 9.17) is 0 Å². The van der Waals surface area contributed by atoms with Crippen molar-refractivity contribution in [2.24, 2.45) is 0 Å². The van der Waals surface area contributed by atoms with Crippen LogP contribution in [0, 0.1) is 0 Å². The van der Waals surface area contributed by atoms with Gasteiger partial charge in [-0.3, -0.25) is 4.79 Å². The van der Waals surface area contributed by atoms with E-state index in [0.29, 0.717) is 19.1 Å². The van der Waals surface area contributed by atoms with Gasteiger partial charge in [0.15, 0.2) is 0 Å². The molecule has 2 rings (SSSR count). The first-order valence-corrected chi connectivity index (χ1v) is 8.04. The molecule has 21 heavy (non-hydrogen) atoms. The molecule has 0 radical (unpaired) electrons. The van der Waals surface area contributed by atoms with Crippen molar-refractivity contribution in [2.45, 2.75) is 38.8 Å². The lowest BCUT2D eigenvalue weighted by atomic mass is 10.1. The van der Waals surface area contributed by atoms with E-state index in [9.17, 15) is 4.79 Å². The molecule has 1 aromatic carbocycles. The first-order chi connectivity index (χ1) is 10.3. The summed E-state index contributed by atoms with van der Waals surface area (Å²) in [7, 11) is 0. The van der Waals surface area contributed by atoms with Crippen LogP contribution in [0.15, 0.2) is 30.3 Å². The third kappa shape index (κ3) is 5.86. The van der Waals surface area contributed by atoms with Crippen molar-refractivity contribution in [3.05, 3.63) is 35.9 Å². The first-order valence-electron chi connectivity index (χ1n) is 8.04. The van der Waals surface area contributed by atoms with E-state index in [2.05, 4.69) is 22.5 Å². The Hall–Kier alpha value is -1.39. The highest BCUT2D eigenvalue weighted by Gasteiger charge is 2.16. The van der Waals surface area contributed by atoms with Gasteiger partial charge in [-0.25, -0.2) is 0 Å². The summed E-state index contributed by atoms with van der Waals surface area (Å²) in [5, 5.41) is 6.37. The Morgan fingerprint density at radius 1 is 1.24 bits per heavy atom. The van der Waals surface area contributed by atoms with Gasteiger partial charge in [-0.15, -0.1) is 0 Å². The molecule has 1 aliphatic heterocycles. The Kier molecular flexibility index (Phi) is 6.70. The summed E-state index contributed by atoms with van der Waals surface area (Å²) >= 11 is 0. The second kappa shape index (κ2) is 8.80. The molecule has 0 saturated carbocycles. The van der Waals surface area contributed by atoms with Crippen LogP contribution < -0.4 is 10.6 Å². The summed E-state index contributed by atoms with van der Waals surface area (Å²) in [5.74, 6) is 0.0791. The minimum atomic E-state index is 0.0791. The number of likely N-dealkylation sites (tertiary alicyclic amines) is 1. The number of rotatable bonds is 6. The number of benzene rings is 1. The van der Waals surface area contributed by atoms with Crippen molar-refractivity contribution in [1.29, 1.82) is 0 Å². The molecule has 1 aliphatic rings. The number of amides is 1. The summed E-state index contributed by atoms with van der Waals surface area (Å²) < 4.78 is 0. The maximum Gasteiger partial charge on any atom is 0.234 e. The fraction of sp³-hybridized carbons (Fsp3) is 0.588. The van der Waals surface area contributed by atoms with Crippen molar-refractivity contribution >= 4 is 5.91 Å². The highest BCUT2D eigenvalue weighted by Crippen LogP contribution is 2.10. The Morgan fingerprint density at radius 2 is 2.05 bits per heavy atom. The van der Waals surface area contributed by atoms with Gasteiger partial charge in [0.1, 0.15) is 0 Å². The summed E-state index contributed by atoms with van der Waals surface area (Å²) in [6.07, 6.45) is 3.53. The fourth-order valence-corrected chi connectivity index (χ4v) is 2.77. The number of carbonyl (C=O) groups excluding carboxylic acids is 1. The molecule has 2 N–H and O–H groups in total. The van der Waals surface area contributed by atoms with Gasteiger partial charge in [0.2, 0.25) is 5.91 Å². The predicted molar refractivity (Wildman–Crippen MR) is 86.0 cm³/mol. The van der Waals surface area contributed by atoms with E-state index in [0.717, 1.165) is 25.1 Å². The van der Waals surface area contributed by atoms with Gasteiger partial charge in [0, 0.05) is 12.6 Å². The van der Waals surface area contributed by atoms with E-state index in [1.807, 2.05) is 30.3 Å². The van der Waals surface area contributed by atoms with Crippen LogP contribution in [0.1, 0.15) is 31.7 Å². The quantitative estimate of drug-likeness (QED) is 0.839. The van der Waals surface area contributed by atoms with E-state index in [1.165, 1.54) is 19.4 Å². The minimum absolute atomic E-state index is 0.0791. The maximum absolute atomic E-state index is 11.9. The number of hydrogen-bond donors (Lipinski definition) is 2. The molecule has 1 unspecified atom stereocenters. The summed E-state index contributed by atoms with van der Waals surface area (Å²) in [4.78, 5) is 14.4. The smallest absolute Gasteiger partial charge is 0.234 e. The molecule has 1 atom stereocenters. The lowest BCUT2D eigenvalue weighted by Crippen LogP contribution is -2.39. The van der Waals surface area contributed by atoms with Crippen LogP contribution in [0.3, 0.4) is 0 Å². The van der Waals surface area contributed by atoms with Crippen molar-refractivity contribution in [3.63, 3.8) is 0 Å². The van der Waals surface area contributed by atoms with Crippen molar-refractivity contribution < 1.29 is 4.79 Å². The van der Waals surface area contributed by atoms with Crippen LogP contribution >= 0.6 is 0 Å². The Labute approximate surface area is 127 Å². The molecule has 1 amide bonds. The zero-order valence-corrected chi connectivity index (χ0v) is 13.0. The zero-order valence-electron chi connectivity index (χ0n) is 13.0. The second-order valence-corrected chi connectivity index (χ2v) is 5.71. The number of carbonyl (C=O) groups is 1. The van der Waals surface area contributed by atoms with Gasteiger partial charge < -0.3 is 15.5 Å². The standard InChI is InChI=1S/C17H27N3O/c1-2-20-11-6-9-16(10-12-20)18-14-17(21)19-13-15-7-4-3-5-8-15/h3-5,7-8,16,18H,2,6,9-14H2,1H3,(H,19,21). The van der Waals surface area contributed by atoms with Crippen LogP contribution in [0.4, 0.5) is 0 Å². The van der Waals surface area contributed by atoms with Gasteiger partial charge in [-0.05, 0) is 44.5 Å². The van der Waals surface area contributed by atoms with Crippen LogP contribution in [-0.2, 0) is 11.3 Å². The molecule has 1 saturated heterocycles. The van der Waals surface area contributed by atoms with Gasteiger partial charge in [-0.2, -0.15) is 0 Å². The average Bonchev–Trinajstić information content (AvgIpc) is 2.77. The maximum atomic E-state index is 11.9. The molecule has 0 bridgehead atoms. The van der Waals surface area contributed by atoms with E-state index >= 15 is 0 Å².